The zero-order chi connectivity index (χ0) is 5.11. The average Bonchev–Trinajstić information content (AvgIpc) is 1.69. The van der Waals surface area contributed by atoms with Gasteiger partial charge in [0.05, 0.1) is 0 Å². The number of halogens is 1. The van der Waals surface area contributed by atoms with Gasteiger partial charge in [0.25, 0.3) is 0 Å². The van der Waals surface area contributed by atoms with Crippen molar-refractivity contribution in [1.29, 1.82) is 0 Å². The standard InChI is InChI=1S/C4H3ClO2.Ti/c5-4-3-6-1-2-7-4;/h1-3H;. The van der Waals surface area contributed by atoms with Gasteiger partial charge in [0, 0.05) is 21.7 Å². The first-order valence-corrected chi connectivity index (χ1v) is 2.10. The van der Waals surface area contributed by atoms with Crippen LogP contribution in [0.25, 0.3) is 0 Å². The first-order chi connectivity index (χ1) is 3.39. The molecule has 0 saturated carbocycles. The molecule has 0 saturated heterocycles. The van der Waals surface area contributed by atoms with E-state index >= 15 is 0 Å². The Hall–Kier alpha value is 0.0843. The van der Waals surface area contributed by atoms with E-state index in [0.29, 0.717) is 0 Å². The largest absolute Gasteiger partial charge is 0.465 e. The van der Waals surface area contributed by atoms with Gasteiger partial charge in [-0.25, -0.2) is 0 Å². The van der Waals surface area contributed by atoms with Crippen LogP contribution in [0.4, 0.5) is 0 Å². The molecule has 0 aromatic carbocycles. The molecule has 0 unspecified atom stereocenters. The van der Waals surface area contributed by atoms with Crippen LogP contribution in [0.3, 0.4) is 0 Å². The summed E-state index contributed by atoms with van der Waals surface area (Å²) in [7, 11) is 0. The van der Waals surface area contributed by atoms with Crippen LogP contribution < -0.4 is 0 Å². The van der Waals surface area contributed by atoms with Crippen molar-refractivity contribution in [3.8, 4) is 0 Å². The van der Waals surface area contributed by atoms with Gasteiger partial charge in [0.15, 0.2) is 0 Å². The van der Waals surface area contributed by atoms with Crippen LogP contribution in [-0.2, 0) is 31.2 Å². The molecule has 1 heterocycles. The van der Waals surface area contributed by atoms with E-state index in [2.05, 4.69) is 9.47 Å². The van der Waals surface area contributed by atoms with E-state index in [9.17, 15) is 0 Å². The first-order valence-electron chi connectivity index (χ1n) is 1.72. The summed E-state index contributed by atoms with van der Waals surface area (Å²) in [5.41, 5.74) is 0. The van der Waals surface area contributed by atoms with Gasteiger partial charge in [0.2, 0.25) is 5.22 Å². The summed E-state index contributed by atoms with van der Waals surface area (Å²) in [6.45, 7) is 0. The fourth-order valence-electron chi connectivity index (χ4n) is 0.245. The van der Waals surface area contributed by atoms with Crippen LogP contribution in [0, 0.1) is 0 Å². The van der Waals surface area contributed by atoms with Crippen LogP contribution in [0.15, 0.2) is 24.0 Å². The van der Waals surface area contributed by atoms with E-state index in [4.69, 9.17) is 11.6 Å². The Balaban J connectivity index is 0.000000490. The molecule has 1 aliphatic rings. The maximum atomic E-state index is 5.28. The molecule has 0 spiro atoms. The van der Waals surface area contributed by atoms with Gasteiger partial charge in [-0.2, -0.15) is 0 Å². The minimum Gasteiger partial charge on any atom is -0.465 e. The first kappa shape index (κ1) is 8.08. The van der Waals surface area contributed by atoms with Crippen LogP contribution in [-0.4, -0.2) is 0 Å². The van der Waals surface area contributed by atoms with Crippen LogP contribution in [0.1, 0.15) is 0 Å². The van der Waals surface area contributed by atoms with Crippen molar-refractivity contribution in [3.63, 3.8) is 0 Å². The number of rotatable bonds is 0. The minimum absolute atomic E-state index is 0. The third-order valence-electron chi connectivity index (χ3n) is 0.475. The van der Waals surface area contributed by atoms with Gasteiger partial charge in [0.1, 0.15) is 18.8 Å². The van der Waals surface area contributed by atoms with E-state index in [-0.39, 0.29) is 26.9 Å². The van der Waals surface area contributed by atoms with Gasteiger partial charge < -0.3 is 9.47 Å². The molecule has 0 amide bonds. The Morgan fingerprint density at radius 3 is 2.38 bits per heavy atom. The maximum Gasteiger partial charge on any atom is 0.228 e. The molecule has 0 atom stereocenters. The second-order valence-corrected chi connectivity index (χ2v) is 1.32. The van der Waals surface area contributed by atoms with Gasteiger partial charge >= 0.3 is 0 Å². The van der Waals surface area contributed by atoms with E-state index in [1.165, 1.54) is 18.8 Å². The van der Waals surface area contributed by atoms with Crippen molar-refractivity contribution in [2.24, 2.45) is 0 Å². The van der Waals surface area contributed by atoms with E-state index in [1.54, 1.807) is 0 Å². The van der Waals surface area contributed by atoms with Crippen molar-refractivity contribution < 1.29 is 31.2 Å². The number of hydrogen-bond donors (Lipinski definition) is 0. The van der Waals surface area contributed by atoms with Crippen molar-refractivity contribution in [3.05, 3.63) is 24.0 Å². The summed E-state index contributed by atoms with van der Waals surface area (Å²) in [5, 5.41) is 0.252. The quantitative estimate of drug-likeness (QED) is 0.508. The second kappa shape index (κ2) is 4.01. The Labute approximate surface area is 67.0 Å². The Morgan fingerprint density at radius 1 is 1.38 bits per heavy atom. The van der Waals surface area contributed by atoms with E-state index in [1.807, 2.05) is 0 Å². The SMILES string of the molecule is ClC1=COC=CO1.[Ti]. The van der Waals surface area contributed by atoms with Crippen molar-refractivity contribution in [2.45, 2.75) is 0 Å². The molecule has 8 heavy (non-hydrogen) atoms. The fraction of sp³-hybridized carbons (Fsp3) is 0. The summed E-state index contributed by atoms with van der Waals surface area (Å²) in [4.78, 5) is 0. The Kier molecular flexibility index (Phi) is 4.05. The second-order valence-electron chi connectivity index (χ2n) is 0.948. The zero-order valence-corrected chi connectivity index (χ0v) is 6.24. The molecule has 42 valence electrons. The average molecular weight is 166 g/mol. The van der Waals surface area contributed by atoms with Crippen molar-refractivity contribution >= 4 is 11.6 Å². The summed E-state index contributed by atoms with van der Waals surface area (Å²) in [6.07, 6.45) is 4.07. The summed E-state index contributed by atoms with van der Waals surface area (Å²) in [6, 6.07) is 0. The maximum absolute atomic E-state index is 5.28. The molecule has 1 aliphatic heterocycles. The topological polar surface area (TPSA) is 18.5 Å². The molecule has 0 bridgehead atoms. The molecule has 0 N–H and O–H groups in total. The fourth-order valence-corrected chi connectivity index (χ4v) is 0.348. The molecular formula is C4H3ClO2Ti. The van der Waals surface area contributed by atoms with Crippen molar-refractivity contribution in [1.82, 2.24) is 0 Å². The normalized spacial score (nSPS) is 14.9. The van der Waals surface area contributed by atoms with E-state index < -0.39 is 0 Å². The van der Waals surface area contributed by atoms with Gasteiger partial charge in [-0.15, -0.1) is 0 Å². The molecule has 1 rings (SSSR count). The van der Waals surface area contributed by atoms with Gasteiger partial charge in [-0.05, 0) is 11.6 Å². The predicted molar refractivity (Wildman–Crippen MR) is 25.2 cm³/mol. The van der Waals surface area contributed by atoms with Gasteiger partial charge in [-0.3, -0.25) is 0 Å². The van der Waals surface area contributed by atoms with Crippen LogP contribution >= 0.6 is 11.6 Å². The summed E-state index contributed by atoms with van der Waals surface area (Å²) >= 11 is 5.28. The third kappa shape index (κ3) is 2.41. The molecule has 2 nitrogen and oxygen atoms in total. The number of hydrogen-bond acceptors (Lipinski definition) is 2. The molecule has 0 radical (unpaired) electrons. The van der Waals surface area contributed by atoms with Crippen LogP contribution in [0.2, 0.25) is 0 Å². The molecule has 0 aromatic rings. The minimum atomic E-state index is 0. The Bertz CT molecular complexity index is 121. The summed E-state index contributed by atoms with van der Waals surface area (Å²) in [5.74, 6) is 0. The zero-order valence-electron chi connectivity index (χ0n) is 3.93. The molecule has 4 heteroatoms. The smallest absolute Gasteiger partial charge is 0.228 e. The van der Waals surface area contributed by atoms with Gasteiger partial charge in [-0.1, -0.05) is 0 Å². The molecular weight excluding hydrogens is 163 g/mol. The van der Waals surface area contributed by atoms with E-state index in [0.717, 1.165) is 0 Å². The van der Waals surface area contributed by atoms with Crippen molar-refractivity contribution in [2.75, 3.05) is 0 Å². The molecule has 0 aliphatic carbocycles. The number of ether oxygens (including phenoxy) is 2. The monoisotopic (exact) mass is 166 g/mol. The molecule has 0 aromatic heterocycles. The predicted octanol–water partition coefficient (Wildman–Crippen LogP) is 1.54. The Morgan fingerprint density at radius 2 is 2.12 bits per heavy atom. The molecule has 0 fully saturated rings. The summed E-state index contributed by atoms with van der Waals surface area (Å²) < 4.78 is 9.18. The van der Waals surface area contributed by atoms with Crippen LogP contribution in [0.5, 0.6) is 0 Å². The third-order valence-corrected chi connectivity index (χ3v) is 0.654.